The van der Waals surface area contributed by atoms with Gasteiger partial charge in [-0.1, -0.05) is 6.07 Å². The van der Waals surface area contributed by atoms with Gasteiger partial charge >= 0.3 is 24.1 Å². The summed E-state index contributed by atoms with van der Waals surface area (Å²) in [6.07, 6.45) is -6.40. The van der Waals surface area contributed by atoms with Crippen molar-refractivity contribution in [3.8, 4) is 5.75 Å². The van der Waals surface area contributed by atoms with Gasteiger partial charge in [0.05, 0.1) is 13.2 Å². The summed E-state index contributed by atoms with van der Waals surface area (Å²) in [6, 6.07) is 2.02. The summed E-state index contributed by atoms with van der Waals surface area (Å²) in [5, 5.41) is 0. The number of benzene rings is 1. The zero-order valence-corrected chi connectivity index (χ0v) is 14.8. The fourth-order valence-electron chi connectivity index (χ4n) is 1.63. The molecule has 0 bridgehead atoms. The van der Waals surface area contributed by atoms with Crippen LogP contribution in [-0.2, 0) is 27.9 Å². The number of ether oxygens (including phenoxy) is 1. The molecule has 1 rings (SSSR count). The minimum Gasteiger partial charge on any atom is -0.404 e. The third-order valence-corrected chi connectivity index (χ3v) is 5.67. The molecular formula is C12H15F4O7PS. The van der Waals surface area contributed by atoms with Crippen molar-refractivity contribution in [2.45, 2.75) is 25.1 Å². The molecule has 13 heteroatoms. The molecular weight excluding hydrogens is 395 g/mol. The molecule has 0 heterocycles. The van der Waals surface area contributed by atoms with Crippen molar-refractivity contribution < 1.29 is 48.5 Å². The summed E-state index contributed by atoms with van der Waals surface area (Å²) < 4.78 is 105. The molecule has 0 N–H and O–H groups in total. The van der Waals surface area contributed by atoms with Gasteiger partial charge in [-0.15, -0.1) is 13.2 Å². The Hall–Kier alpha value is -1.20. The first-order valence-corrected chi connectivity index (χ1v) is 9.89. The van der Waals surface area contributed by atoms with Crippen LogP contribution in [0.15, 0.2) is 23.1 Å². The second-order valence-electron chi connectivity index (χ2n) is 4.26. The molecule has 0 amide bonds. The van der Waals surface area contributed by atoms with E-state index in [2.05, 4.69) is 8.92 Å². The molecule has 0 aliphatic carbocycles. The summed E-state index contributed by atoms with van der Waals surface area (Å²) in [4.78, 5) is -1.48. The van der Waals surface area contributed by atoms with E-state index in [1.807, 2.05) is 0 Å². The third-order valence-electron chi connectivity index (χ3n) is 2.42. The van der Waals surface area contributed by atoms with E-state index in [1.54, 1.807) is 0 Å². The lowest BCUT2D eigenvalue weighted by Crippen LogP contribution is -2.20. The first kappa shape index (κ1) is 21.8. The van der Waals surface area contributed by atoms with E-state index >= 15 is 0 Å². The SMILES string of the molecule is CCOP(=O)(COS(=O)(=O)c1c(F)cccc1OC(F)(F)F)OCC. The molecule has 1 aromatic rings. The lowest BCUT2D eigenvalue weighted by atomic mass is 10.3. The number of halogens is 4. The summed E-state index contributed by atoms with van der Waals surface area (Å²) in [7, 11) is -9.09. The van der Waals surface area contributed by atoms with Crippen LogP contribution < -0.4 is 4.74 Å². The minimum absolute atomic E-state index is 0.108. The van der Waals surface area contributed by atoms with Crippen molar-refractivity contribution >= 4 is 17.7 Å². The Morgan fingerprint density at radius 1 is 1.12 bits per heavy atom. The predicted molar refractivity (Wildman–Crippen MR) is 77.1 cm³/mol. The van der Waals surface area contributed by atoms with Crippen LogP contribution in [0.25, 0.3) is 0 Å². The molecule has 144 valence electrons. The second-order valence-corrected chi connectivity index (χ2v) is 7.81. The highest BCUT2D eigenvalue weighted by Crippen LogP contribution is 2.48. The number of rotatable bonds is 9. The van der Waals surface area contributed by atoms with Crippen molar-refractivity contribution in [2.24, 2.45) is 0 Å². The highest BCUT2D eigenvalue weighted by molar-refractivity contribution is 7.87. The lowest BCUT2D eigenvalue weighted by molar-refractivity contribution is -0.275. The number of hydrogen-bond donors (Lipinski definition) is 0. The Balaban J connectivity index is 3.16. The van der Waals surface area contributed by atoms with Gasteiger partial charge in [-0.25, -0.2) is 4.39 Å². The molecule has 0 spiro atoms. The number of alkyl halides is 3. The van der Waals surface area contributed by atoms with Gasteiger partial charge in [0.2, 0.25) is 0 Å². The molecule has 0 saturated carbocycles. The van der Waals surface area contributed by atoms with Crippen molar-refractivity contribution in [1.82, 2.24) is 0 Å². The van der Waals surface area contributed by atoms with Gasteiger partial charge < -0.3 is 13.8 Å². The van der Waals surface area contributed by atoms with Gasteiger partial charge in [-0.3, -0.25) is 8.75 Å². The first-order chi connectivity index (χ1) is 11.4. The second kappa shape index (κ2) is 8.45. The van der Waals surface area contributed by atoms with E-state index in [-0.39, 0.29) is 13.2 Å². The molecule has 0 fully saturated rings. The molecule has 0 unspecified atom stereocenters. The summed E-state index contributed by atoms with van der Waals surface area (Å²) in [6.45, 7) is 2.68. The molecule has 7 nitrogen and oxygen atoms in total. The molecule has 0 atom stereocenters. The van der Waals surface area contributed by atoms with Crippen molar-refractivity contribution in [3.05, 3.63) is 24.0 Å². The van der Waals surface area contributed by atoms with Crippen LogP contribution >= 0.6 is 7.60 Å². The number of hydrogen-bond acceptors (Lipinski definition) is 7. The third kappa shape index (κ3) is 6.55. The fourth-order valence-corrected chi connectivity index (χ4v) is 4.50. The van der Waals surface area contributed by atoms with Crippen LogP contribution in [0.1, 0.15) is 13.8 Å². The topological polar surface area (TPSA) is 88.1 Å². The average molecular weight is 410 g/mol. The minimum atomic E-state index is -5.26. The lowest BCUT2D eigenvalue weighted by Gasteiger charge is -2.18. The van der Waals surface area contributed by atoms with Crippen LogP contribution in [-0.4, -0.2) is 34.3 Å². The van der Waals surface area contributed by atoms with E-state index in [0.29, 0.717) is 12.1 Å². The van der Waals surface area contributed by atoms with Gasteiger partial charge in [0.25, 0.3) is 0 Å². The van der Waals surface area contributed by atoms with E-state index in [1.165, 1.54) is 13.8 Å². The van der Waals surface area contributed by atoms with Gasteiger partial charge in [0.1, 0.15) is 5.82 Å². The molecule has 0 aliphatic heterocycles. The molecule has 0 radical (unpaired) electrons. The van der Waals surface area contributed by atoms with Crippen molar-refractivity contribution in [3.63, 3.8) is 0 Å². The van der Waals surface area contributed by atoms with Crippen LogP contribution in [0.3, 0.4) is 0 Å². The Morgan fingerprint density at radius 3 is 2.16 bits per heavy atom. The maximum absolute atomic E-state index is 13.8. The molecule has 25 heavy (non-hydrogen) atoms. The van der Waals surface area contributed by atoms with Crippen molar-refractivity contribution in [1.29, 1.82) is 0 Å². The highest BCUT2D eigenvalue weighted by Gasteiger charge is 2.37. The summed E-state index contributed by atoms with van der Waals surface area (Å²) >= 11 is 0. The molecule has 1 aromatic carbocycles. The fraction of sp³-hybridized carbons (Fsp3) is 0.500. The van der Waals surface area contributed by atoms with Crippen LogP contribution in [0.4, 0.5) is 17.6 Å². The van der Waals surface area contributed by atoms with Gasteiger partial charge in [0.15, 0.2) is 17.0 Å². The Bertz CT molecular complexity index is 725. The van der Waals surface area contributed by atoms with E-state index in [4.69, 9.17) is 9.05 Å². The largest absolute Gasteiger partial charge is 0.573 e. The average Bonchev–Trinajstić information content (AvgIpc) is 2.44. The van der Waals surface area contributed by atoms with Gasteiger partial charge in [-0.2, -0.15) is 8.42 Å². The van der Waals surface area contributed by atoms with Gasteiger partial charge in [-0.05, 0) is 26.0 Å². The van der Waals surface area contributed by atoms with Crippen LogP contribution in [0, 0.1) is 5.82 Å². The zero-order chi connectivity index (χ0) is 19.3. The Labute approximate surface area is 141 Å². The predicted octanol–water partition coefficient (Wildman–Crippen LogP) is 3.65. The summed E-state index contributed by atoms with van der Waals surface area (Å²) in [5.41, 5.74) is 0. The maximum Gasteiger partial charge on any atom is 0.573 e. The van der Waals surface area contributed by atoms with Crippen LogP contribution in [0.5, 0.6) is 5.75 Å². The van der Waals surface area contributed by atoms with E-state index in [0.717, 1.165) is 6.07 Å². The summed E-state index contributed by atoms with van der Waals surface area (Å²) in [5.74, 6) is -2.86. The smallest absolute Gasteiger partial charge is 0.404 e. The quantitative estimate of drug-likeness (QED) is 0.349. The van der Waals surface area contributed by atoms with Crippen LogP contribution in [0.2, 0.25) is 0 Å². The first-order valence-electron chi connectivity index (χ1n) is 6.76. The maximum atomic E-state index is 13.8. The highest BCUT2D eigenvalue weighted by atomic mass is 32.2. The van der Waals surface area contributed by atoms with E-state index < -0.39 is 46.9 Å². The van der Waals surface area contributed by atoms with Gasteiger partial charge in [0, 0.05) is 0 Å². The molecule has 0 aliphatic rings. The molecule has 0 aromatic heterocycles. The standard InChI is InChI=1S/C12H15F4O7PS/c1-3-20-24(17,21-4-2)8-22-25(18,19)11-9(13)6-5-7-10(11)23-12(14,15)16/h5-7H,3-4,8H2,1-2H3. The normalized spacial score (nSPS) is 13.0. The monoisotopic (exact) mass is 410 g/mol. The Morgan fingerprint density at radius 2 is 1.68 bits per heavy atom. The van der Waals surface area contributed by atoms with E-state index in [9.17, 15) is 30.5 Å². The molecule has 0 saturated heterocycles. The Kier molecular flexibility index (Phi) is 7.39. The zero-order valence-electron chi connectivity index (χ0n) is 13.1. The van der Waals surface area contributed by atoms with Crippen molar-refractivity contribution in [2.75, 3.05) is 19.6 Å².